The number of aromatic amines is 1. The highest BCUT2D eigenvalue weighted by Gasteiger charge is 2.05. The third-order valence-electron chi connectivity index (χ3n) is 2.52. The molecule has 0 unspecified atom stereocenters. The van der Waals surface area contributed by atoms with Crippen molar-refractivity contribution in [2.24, 2.45) is 0 Å². The lowest BCUT2D eigenvalue weighted by atomic mass is 10.2. The molecule has 0 atom stereocenters. The SMILES string of the molecule is Cc1ccc(NC(=O)C=Cc2ccc(Br)cc2)[nH+]c1. The van der Waals surface area contributed by atoms with Gasteiger partial charge in [-0.15, -0.1) is 0 Å². The number of rotatable bonds is 3. The molecule has 0 bridgehead atoms. The molecule has 2 N–H and O–H groups in total. The molecule has 4 heteroatoms. The fourth-order valence-corrected chi connectivity index (χ4v) is 1.76. The van der Waals surface area contributed by atoms with Gasteiger partial charge in [0.15, 0.2) is 0 Å². The van der Waals surface area contributed by atoms with Gasteiger partial charge >= 0.3 is 5.91 Å². The van der Waals surface area contributed by atoms with Crippen LogP contribution >= 0.6 is 15.9 Å². The first-order valence-corrected chi connectivity index (χ1v) is 6.66. The van der Waals surface area contributed by atoms with E-state index in [0.29, 0.717) is 5.82 Å². The van der Waals surface area contributed by atoms with Gasteiger partial charge in [-0.2, -0.15) is 0 Å². The number of H-pyrrole nitrogens is 1. The van der Waals surface area contributed by atoms with Crippen LogP contribution in [0.5, 0.6) is 0 Å². The van der Waals surface area contributed by atoms with Crippen molar-refractivity contribution in [1.82, 2.24) is 0 Å². The van der Waals surface area contributed by atoms with Gasteiger partial charge in [0.2, 0.25) is 0 Å². The maximum absolute atomic E-state index is 11.7. The normalized spacial score (nSPS) is 10.6. The smallest absolute Gasteiger partial charge is 0.247 e. The van der Waals surface area contributed by atoms with Crippen molar-refractivity contribution in [2.45, 2.75) is 6.92 Å². The average molecular weight is 318 g/mol. The van der Waals surface area contributed by atoms with Crippen LogP contribution < -0.4 is 10.3 Å². The fraction of sp³-hybridized carbons (Fsp3) is 0.0667. The Kier molecular flexibility index (Phi) is 4.47. The Morgan fingerprint density at radius 1 is 1.21 bits per heavy atom. The third kappa shape index (κ3) is 4.34. The highest BCUT2D eigenvalue weighted by atomic mass is 79.9. The molecular weight excluding hydrogens is 304 g/mol. The van der Waals surface area contributed by atoms with Gasteiger partial charge in [0, 0.05) is 16.6 Å². The van der Waals surface area contributed by atoms with Crippen LogP contribution in [0, 0.1) is 6.92 Å². The molecule has 0 radical (unpaired) electrons. The second kappa shape index (κ2) is 6.29. The number of carbonyl (C=O) groups excluding carboxylic acids is 1. The Bertz CT molecular complexity index is 589. The van der Waals surface area contributed by atoms with Gasteiger partial charge in [-0.3, -0.25) is 0 Å². The van der Waals surface area contributed by atoms with E-state index < -0.39 is 0 Å². The summed E-state index contributed by atoms with van der Waals surface area (Å²) in [5, 5.41) is 2.76. The van der Waals surface area contributed by atoms with Crippen molar-refractivity contribution >= 4 is 33.7 Å². The molecule has 3 nitrogen and oxygen atoms in total. The van der Waals surface area contributed by atoms with Crippen LogP contribution in [-0.4, -0.2) is 5.91 Å². The molecule has 0 spiro atoms. The van der Waals surface area contributed by atoms with Crippen molar-refractivity contribution in [3.05, 3.63) is 64.3 Å². The lowest BCUT2D eigenvalue weighted by Gasteiger charge is -1.95. The lowest BCUT2D eigenvalue weighted by molar-refractivity contribution is -0.361. The van der Waals surface area contributed by atoms with Crippen LogP contribution in [0.25, 0.3) is 6.08 Å². The van der Waals surface area contributed by atoms with Crippen molar-refractivity contribution < 1.29 is 9.78 Å². The summed E-state index contributed by atoms with van der Waals surface area (Å²) in [6.45, 7) is 1.98. The van der Waals surface area contributed by atoms with Crippen LogP contribution in [0.4, 0.5) is 5.82 Å². The van der Waals surface area contributed by atoms with Gasteiger partial charge in [-0.25, -0.2) is 15.1 Å². The van der Waals surface area contributed by atoms with Crippen molar-refractivity contribution in [2.75, 3.05) is 5.32 Å². The molecule has 1 aromatic heterocycles. The third-order valence-corrected chi connectivity index (χ3v) is 3.05. The number of amides is 1. The number of halogens is 1. The van der Waals surface area contributed by atoms with E-state index in [1.54, 1.807) is 6.08 Å². The molecule has 0 aliphatic heterocycles. The largest absolute Gasteiger partial charge is 0.331 e. The van der Waals surface area contributed by atoms with Crippen LogP contribution in [0.15, 0.2) is 53.1 Å². The van der Waals surface area contributed by atoms with Gasteiger partial charge < -0.3 is 0 Å². The molecule has 0 aliphatic rings. The summed E-state index contributed by atoms with van der Waals surface area (Å²) in [5.74, 6) is 0.513. The number of anilines is 1. The first kappa shape index (κ1) is 13.5. The van der Waals surface area contributed by atoms with E-state index in [0.717, 1.165) is 15.6 Å². The highest BCUT2D eigenvalue weighted by molar-refractivity contribution is 9.10. The summed E-state index contributed by atoms with van der Waals surface area (Å²) in [7, 11) is 0. The summed E-state index contributed by atoms with van der Waals surface area (Å²) < 4.78 is 1.02. The number of nitrogens with one attached hydrogen (secondary N) is 2. The standard InChI is InChI=1S/C15H13BrN2O/c1-11-2-8-14(17-10-11)18-15(19)9-5-12-3-6-13(16)7-4-12/h2-10H,1H3,(H,17,18,19)/p+1. The average Bonchev–Trinajstić information content (AvgIpc) is 2.41. The van der Waals surface area contributed by atoms with E-state index in [1.807, 2.05) is 49.5 Å². The Balaban J connectivity index is 1.97. The van der Waals surface area contributed by atoms with Gasteiger partial charge in [-0.1, -0.05) is 28.1 Å². The lowest BCUT2D eigenvalue weighted by Crippen LogP contribution is -2.17. The molecule has 1 heterocycles. The van der Waals surface area contributed by atoms with Gasteiger partial charge in [-0.05, 0) is 42.3 Å². The highest BCUT2D eigenvalue weighted by Crippen LogP contribution is 2.11. The molecule has 19 heavy (non-hydrogen) atoms. The minimum absolute atomic E-state index is 0.164. The van der Waals surface area contributed by atoms with Gasteiger partial charge in [0.05, 0.1) is 6.20 Å². The molecule has 2 rings (SSSR count). The number of carbonyl (C=O) groups is 1. The number of benzene rings is 1. The van der Waals surface area contributed by atoms with Crippen LogP contribution in [0.2, 0.25) is 0 Å². The van der Waals surface area contributed by atoms with E-state index >= 15 is 0 Å². The van der Waals surface area contributed by atoms with E-state index in [-0.39, 0.29) is 5.91 Å². The van der Waals surface area contributed by atoms with Crippen molar-refractivity contribution in [1.29, 1.82) is 0 Å². The summed E-state index contributed by atoms with van der Waals surface area (Å²) in [6.07, 6.45) is 5.13. The number of aromatic nitrogens is 1. The van der Waals surface area contributed by atoms with E-state index in [2.05, 4.69) is 26.2 Å². The zero-order valence-electron chi connectivity index (χ0n) is 10.5. The summed E-state index contributed by atoms with van der Waals surface area (Å²) >= 11 is 3.37. The predicted molar refractivity (Wildman–Crippen MR) is 79.5 cm³/mol. The quantitative estimate of drug-likeness (QED) is 0.868. The molecule has 1 amide bonds. The fourth-order valence-electron chi connectivity index (χ4n) is 1.50. The maximum Gasteiger partial charge on any atom is 0.331 e. The Hall–Kier alpha value is -1.94. The second-order valence-corrected chi connectivity index (χ2v) is 5.07. The molecule has 0 aliphatic carbocycles. The van der Waals surface area contributed by atoms with E-state index in [4.69, 9.17) is 0 Å². The van der Waals surface area contributed by atoms with Crippen LogP contribution in [0.1, 0.15) is 11.1 Å². The monoisotopic (exact) mass is 317 g/mol. The Morgan fingerprint density at radius 2 is 1.95 bits per heavy atom. The molecule has 0 saturated heterocycles. The number of hydrogen-bond acceptors (Lipinski definition) is 1. The predicted octanol–water partition coefficient (Wildman–Crippen LogP) is 3.22. The first-order chi connectivity index (χ1) is 9.13. The topological polar surface area (TPSA) is 43.2 Å². The summed E-state index contributed by atoms with van der Waals surface area (Å²) in [4.78, 5) is 14.7. The first-order valence-electron chi connectivity index (χ1n) is 5.86. The molecule has 1 aromatic carbocycles. The van der Waals surface area contributed by atoms with E-state index in [1.165, 1.54) is 6.08 Å². The second-order valence-electron chi connectivity index (χ2n) is 4.15. The minimum atomic E-state index is -0.164. The molecular formula is C15H14BrN2O+. The molecule has 0 fully saturated rings. The van der Waals surface area contributed by atoms with Crippen molar-refractivity contribution in [3.8, 4) is 0 Å². The number of pyridine rings is 1. The Labute approximate surface area is 120 Å². The van der Waals surface area contributed by atoms with Crippen LogP contribution in [0.3, 0.4) is 0 Å². The number of hydrogen-bond donors (Lipinski definition) is 1. The van der Waals surface area contributed by atoms with Crippen molar-refractivity contribution in [3.63, 3.8) is 0 Å². The number of aryl methyl sites for hydroxylation is 1. The van der Waals surface area contributed by atoms with Crippen LogP contribution in [-0.2, 0) is 4.79 Å². The van der Waals surface area contributed by atoms with Gasteiger partial charge in [0.1, 0.15) is 0 Å². The maximum atomic E-state index is 11.7. The van der Waals surface area contributed by atoms with Gasteiger partial charge in [0.25, 0.3) is 5.82 Å². The molecule has 0 saturated carbocycles. The molecule has 2 aromatic rings. The summed E-state index contributed by atoms with van der Waals surface area (Å²) in [5.41, 5.74) is 2.09. The Morgan fingerprint density at radius 3 is 2.58 bits per heavy atom. The van der Waals surface area contributed by atoms with E-state index in [9.17, 15) is 4.79 Å². The summed E-state index contributed by atoms with van der Waals surface area (Å²) in [6, 6.07) is 11.5. The minimum Gasteiger partial charge on any atom is -0.247 e. The molecule has 96 valence electrons. The zero-order valence-corrected chi connectivity index (χ0v) is 12.1. The zero-order chi connectivity index (χ0) is 13.7.